The van der Waals surface area contributed by atoms with Crippen molar-refractivity contribution in [3.05, 3.63) is 40.3 Å². The van der Waals surface area contributed by atoms with Gasteiger partial charge in [0, 0.05) is 11.3 Å². The molecule has 0 radical (unpaired) electrons. The van der Waals surface area contributed by atoms with Gasteiger partial charge in [-0.05, 0) is 43.2 Å². The molecule has 0 amide bonds. The first kappa shape index (κ1) is 11.8. The molecule has 0 saturated heterocycles. The van der Waals surface area contributed by atoms with Gasteiger partial charge in [0.2, 0.25) is 0 Å². The number of aryl methyl sites for hydroxylation is 2. The highest BCUT2D eigenvalue weighted by atomic mass is 32.1. The Morgan fingerprint density at radius 2 is 1.94 bits per heavy atom. The summed E-state index contributed by atoms with van der Waals surface area (Å²) in [5, 5.41) is 0. The predicted octanol–water partition coefficient (Wildman–Crippen LogP) is 3.43. The number of hydrogen-bond acceptors (Lipinski definition) is 3. The van der Waals surface area contributed by atoms with E-state index in [1.807, 2.05) is 19.1 Å². The first-order valence-corrected chi connectivity index (χ1v) is 5.73. The van der Waals surface area contributed by atoms with E-state index in [4.69, 9.17) is 17.0 Å². The van der Waals surface area contributed by atoms with Crippen molar-refractivity contribution in [2.75, 3.05) is 7.11 Å². The van der Waals surface area contributed by atoms with Gasteiger partial charge in [-0.2, -0.15) is 0 Å². The molecule has 0 atom stereocenters. The molecule has 88 valence electrons. The largest absolute Gasteiger partial charge is 0.496 e. The SMILES string of the molecule is COc1cc(C)c(-c2cc(=S)nc[nH]2)cc1C. The van der Waals surface area contributed by atoms with E-state index in [0.717, 1.165) is 28.1 Å². The van der Waals surface area contributed by atoms with E-state index in [1.165, 1.54) is 0 Å². The minimum atomic E-state index is 0.589. The molecule has 0 saturated carbocycles. The molecule has 0 fully saturated rings. The fourth-order valence-corrected chi connectivity index (χ4v) is 1.99. The number of methoxy groups -OCH3 is 1. The number of nitrogens with zero attached hydrogens (tertiary/aromatic N) is 1. The van der Waals surface area contributed by atoms with Crippen molar-refractivity contribution >= 4 is 12.2 Å². The normalized spacial score (nSPS) is 10.3. The van der Waals surface area contributed by atoms with Crippen LogP contribution in [0.3, 0.4) is 0 Å². The van der Waals surface area contributed by atoms with Gasteiger partial charge in [0.15, 0.2) is 0 Å². The van der Waals surface area contributed by atoms with E-state index >= 15 is 0 Å². The molecule has 0 aliphatic carbocycles. The van der Waals surface area contributed by atoms with E-state index < -0.39 is 0 Å². The van der Waals surface area contributed by atoms with Gasteiger partial charge in [0.1, 0.15) is 10.4 Å². The van der Waals surface area contributed by atoms with Crippen molar-refractivity contribution in [1.82, 2.24) is 9.97 Å². The monoisotopic (exact) mass is 246 g/mol. The van der Waals surface area contributed by atoms with Crippen LogP contribution in [0, 0.1) is 18.5 Å². The molecule has 17 heavy (non-hydrogen) atoms. The summed E-state index contributed by atoms with van der Waals surface area (Å²) in [6.45, 7) is 4.08. The Balaban J connectivity index is 2.60. The lowest BCUT2D eigenvalue weighted by atomic mass is 10.0. The molecule has 2 rings (SSSR count). The van der Waals surface area contributed by atoms with Crippen LogP contribution in [0.1, 0.15) is 11.1 Å². The number of H-pyrrole nitrogens is 1. The molecule has 3 nitrogen and oxygen atoms in total. The first-order chi connectivity index (χ1) is 8.11. The lowest BCUT2D eigenvalue weighted by molar-refractivity contribution is 0.411. The number of rotatable bonds is 2. The molecule has 1 aromatic heterocycles. The third-order valence-electron chi connectivity index (χ3n) is 2.71. The maximum absolute atomic E-state index is 5.30. The standard InChI is InChI=1S/C13H14N2OS/c1-8-5-12(16-3)9(2)4-10(8)11-6-13(17)15-7-14-11/h4-7H,1-3H3,(H,14,15,17). The highest BCUT2D eigenvalue weighted by Gasteiger charge is 2.07. The minimum absolute atomic E-state index is 0.589. The maximum Gasteiger partial charge on any atom is 0.130 e. The number of nitrogens with one attached hydrogen (secondary N) is 1. The summed E-state index contributed by atoms with van der Waals surface area (Å²) in [6.07, 6.45) is 1.62. The van der Waals surface area contributed by atoms with Crippen molar-refractivity contribution in [1.29, 1.82) is 0 Å². The molecule has 1 heterocycles. The predicted molar refractivity (Wildman–Crippen MR) is 70.9 cm³/mol. The maximum atomic E-state index is 5.30. The number of ether oxygens (including phenoxy) is 1. The third-order valence-corrected chi connectivity index (χ3v) is 2.93. The molecular weight excluding hydrogens is 232 g/mol. The second-order valence-corrected chi connectivity index (χ2v) is 4.35. The van der Waals surface area contributed by atoms with Crippen LogP contribution in [-0.2, 0) is 0 Å². The van der Waals surface area contributed by atoms with Crippen molar-refractivity contribution in [3.63, 3.8) is 0 Å². The van der Waals surface area contributed by atoms with Crippen LogP contribution in [0.4, 0.5) is 0 Å². The van der Waals surface area contributed by atoms with E-state index in [0.29, 0.717) is 4.64 Å². The van der Waals surface area contributed by atoms with E-state index in [2.05, 4.69) is 23.0 Å². The van der Waals surface area contributed by atoms with Crippen molar-refractivity contribution in [2.45, 2.75) is 13.8 Å². The summed E-state index contributed by atoms with van der Waals surface area (Å²) < 4.78 is 5.89. The number of hydrogen-bond donors (Lipinski definition) is 1. The summed E-state index contributed by atoms with van der Waals surface area (Å²) >= 11 is 5.07. The smallest absolute Gasteiger partial charge is 0.130 e. The Morgan fingerprint density at radius 1 is 1.18 bits per heavy atom. The molecule has 0 aliphatic rings. The Hall–Kier alpha value is -1.68. The van der Waals surface area contributed by atoms with E-state index in [1.54, 1.807) is 13.4 Å². The second kappa shape index (κ2) is 4.67. The average molecular weight is 246 g/mol. The van der Waals surface area contributed by atoms with Gasteiger partial charge >= 0.3 is 0 Å². The molecule has 2 aromatic rings. The van der Waals surface area contributed by atoms with Crippen LogP contribution in [0.5, 0.6) is 5.75 Å². The summed E-state index contributed by atoms with van der Waals surface area (Å²) in [6, 6.07) is 5.99. The highest BCUT2D eigenvalue weighted by Crippen LogP contribution is 2.28. The molecule has 4 heteroatoms. The van der Waals surface area contributed by atoms with E-state index in [9.17, 15) is 0 Å². The Labute approximate surface area is 105 Å². The number of benzene rings is 1. The molecular formula is C13H14N2OS. The Kier molecular flexibility index (Phi) is 3.24. The van der Waals surface area contributed by atoms with Crippen molar-refractivity contribution in [3.8, 4) is 17.0 Å². The van der Waals surface area contributed by atoms with Crippen LogP contribution in [0.15, 0.2) is 24.5 Å². The first-order valence-electron chi connectivity index (χ1n) is 5.32. The zero-order valence-corrected chi connectivity index (χ0v) is 10.9. The molecule has 0 aliphatic heterocycles. The van der Waals surface area contributed by atoms with Crippen LogP contribution in [0.25, 0.3) is 11.3 Å². The fraction of sp³-hybridized carbons (Fsp3) is 0.231. The summed E-state index contributed by atoms with van der Waals surface area (Å²) in [7, 11) is 1.68. The molecule has 1 aromatic carbocycles. The van der Waals surface area contributed by atoms with Gasteiger partial charge in [-0.3, -0.25) is 0 Å². The molecule has 0 unspecified atom stereocenters. The van der Waals surface area contributed by atoms with Gasteiger partial charge in [0.25, 0.3) is 0 Å². The molecule has 0 bridgehead atoms. The van der Waals surface area contributed by atoms with Crippen LogP contribution in [-0.4, -0.2) is 17.1 Å². The van der Waals surface area contributed by atoms with Gasteiger partial charge in [-0.1, -0.05) is 12.2 Å². The van der Waals surface area contributed by atoms with Gasteiger partial charge in [-0.15, -0.1) is 0 Å². The zero-order valence-electron chi connectivity index (χ0n) is 10.1. The fourth-order valence-electron chi connectivity index (χ4n) is 1.82. The Morgan fingerprint density at radius 3 is 2.59 bits per heavy atom. The Bertz CT molecular complexity index is 605. The lowest BCUT2D eigenvalue weighted by Crippen LogP contribution is -1.93. The van der Waals surface area contributed by atoms with Gasteiger partial charge < -0.3 is 9.72 Å². The quantitative estimate of drug-likeness (QED) is 0.825. The molecule has 0 spiro atoms. The van der Waals surface area contributed by atoms with Crippen LogP contribution in [0.2, 0.25) is 0 Å². The number of aromatic amines is 1. The summed E-state index contributed by atoms with van der Waals surface area (Å²) in [5.41, 5.74) is 4.35. The minimum Gasteiger partial charge on any atom is -0.496 e. The highest BCUT2D eigenvalue weighted by molar-refractivity contribution is 7.71. The van der Waals surface area contributed by atoms with E-state index in [-0.39, 0.29) is 0 Å². The summed E-state index contributed by atoms with van der Waals surface area (Å²) in [4.78, 5) is 7.10. The lowest BCUT2D eigenvalue weighted by Gasteiger charge is -2.11. The third kappa shape index (κ3) is 2.36. The van der Waals surface area contributed by atoms with Gasteiger partial charge in [-0.25, -0.2) is 4.98 Å². The summed E-state index contributed by atoms with van der Waals surface area (Å²) in [5.74, 6) is 0.902. The topological polar surface area (TPSA) is 37.9 Å². The van der Waals surface area contributed by atoms with Crippen molar-refractivity contribution < 1.29 is 4.74 Å². The zero-order chi connectivity index (χ0) is 12.4. The van der Waals surface area contributed by atoms with Gasteiger partial charge in [0.05, 0.1) is 13.4 Å². The van der Waals surface area contributed by atoms with Crippen LogP contribution < -0.4 is 4.74 Å². The van der Waals surface area contributed by atoms with Crippen LogP contribution >= 0.6 is 12.2 Å². The van der Waals surface area contributed by atoms with Crippen molar-refractivity contribution in [2.24, 2.45) is 0 Å². The molecule has 1 N–H and O–H groups in total. The second-order valence-electron chi connectivity index (χ2n) is 3.94. The number of aromatic nitrogens is 2. The average Bonchev–Trinajstić information content (AvgIpc) is 2.31.